The molecule has 1 aliphatic heterocycles. The molecule has 0 atom stereocenters. The molecule has 1 aliphatic rings. The van der Waals surface area contributed by atoms with Crippen LogP contribution < -0.4 is 0 Å². The van der Waals surface area contributed by atoms with Gasteiger partial charge in [0.25, 0.3) is 0 Å². The molecular formula is C12H15BrO2S. The minimum atomic E-state index is -0.546. The van der Waals surface area contributed by atoms with Gasteiger partial charge in [-0.2, -0.15) is 0 Å². The molecule has 1 aromatic carbocycles. The number of aliphatic hydroxyl groups is 1. The summed E-state index contributed by atoms with van der Waals surface area (Å²) >= 11 is 5.12. The van der Waals surface area contributed by atoms with Gasteiger partial charge in [0.15, 0.2) is 0 Å². The fraction of sp³-hybridized carbons (Fsp3) is 0.500. The zero-order chi connectivity index (χ0) is 11.4. The number of benzene rings is 1. The number of halogens is 1. The zero-order valence-corrected chi connectivity index (χ0v) is 11.4. The Kier molecular flexibility index (Phi) is 4.30. The second-order valence-electron chi connectivity index (χ2n) is 4.08. The summed E-state index contributed by atoms with van der Waals surface area (Å²) in [5, 5.41) is 10.3. The van der Waals surface area contributed by atoms with Gasteiger partial charge in [0.2, 0.25) is 0 Å². The van der Waals surface area contributed by atoms with Crippen LogP contribution in [0.4, 0.5) is 0 Å². The molecule has 0 saturated carbocycles. The van der Waals surface area contributed by atoms with Gasteiger partial charge in [-0.25, -0.2) is 0 Å². The Bertz CT molecular complexity index is 333. The molecule has 0 unspecified atom stereocenters. The average Bonchev–Trinajstić information content (AvgIpc) is 2.29. The van der Waals surface area contributed by atoms with E-state index in [9.17, 15) is 5.11 Å². The first-order valence-corrected chi connectivity index (χ1v) is 7.14. The summed E-state index contributed by atoms with van der Waals surface area (Å²) < 4.78 is 6.34. The van der Waals surface area contributed by atoms with E-state index in [0.29, 0.717) is 13.2 Å². The minimum Gasteiger partial charge on any atom is -0.389 e. The number of thioether (sulfide) groups is 1. The molecule has 0 spiro atoms. The molecule has 2 rings (SSSR count). The van der Waals surface area contributed by atoms with E-state index in [-0.39, 0.29) is 0 Å². The molecule has 0 aromatic heterocycles. The highest BCUT2D eigenvalue weighted by atomic mass is 79.9. The molecule has 1 saturated heterocycles. The van der Waals surface area contributed by atoms with Crippen molar-refractivity contribution in [3.63, 3.8) is 0 Å². The number of rotatable bonds is 3. The Labute approximate surface area is 109 Å². The van der Waals surface area contributed by atoms with Crippen LogP contribution in [0.3, 0.4) is 0 Å². The molecule has 1 aromatic rings. The van der Waals surface area contributed by atoms with Gasteiger partial charge in [0, 0.05) is 41.2 Å². The Hall–Kier alpha value is -0.0300. The highest BCUT2D eigenvalue weighted by molar-refractivity contribution is 9.10. The van der Waals surface area contributed by atoms with Gasteiger partial charge in [-0.3, -0.25) is 0 Å². The summed E-state index contributed by atoms with van der Waals surface area (Å²) in [5.41, 5.74) is -0.546. The minimum absolute atomic E-state index is 0.546. The summed E-state index contributed by atoms with van der Waals surface area (Å²) in [4.78, 5) is 1.20. The van der Waals surface area contributed by atoms with E-state index >= 15 is 0 Å². The summed E-state index contributed by atoms with van der Waals surface area (Å²) in [7, 11) is 0. The van der Waals surface area contributed by atoms with Crippen LogP contribution in [0.15, 0.2) is 33.6 Å². The highest BCUT2D eigenvalue weighted by Gasteiger charge is 2.29. The van der Waals surface area contributed by atoms with Gasteiger partial charge in [0.1, 0.15) is 0 Å². The van der Waals surface area contributed by atoms with Crippen molar-refractivity contribution in [3.05, 3.63) is 28.7 Å². The lowest BCUT2D eigenvalue weighted by Crippen LogP contribution is -2.38. The summed E-state index contributed by atoms with van der Waals surface area (Å²) in [6, 6.07) is 8.18. The molecule has 0 amide bonds. The third-order valence-electron chi connectivity index (χ3n) is 2.74. The highest BCUT2D eigenvalue weighted by Crippen LogP contribution is 2.29. The van der Waals surface area contributed by atoms with E-state index in [2.05, 4.69) is 28.1 Å². The van der Waals surface area contributed by atoms with Crippen molar-refractivity contribution in [3.8, 4) is 0 Å². The van der Waals surface area contributed by atoms with Crippen molar-refractivity contribution < 1.29 is 9.84 Å². The standard InChI is InChI=1S/C12H15BrO2S/c13-10-1-3-11(4-2-10)16-9-12(14)5-7-15-8-6-12/h1-4,14H,5-9H2. The van der Waals surface area contributed by atoms with Crippen LogP contribution in [0, 0.1) is 0 Å². The average molecular weight is 303 g/mol. The lowest BCUT2D eigenvalue weighted by atomic mass is 9.97. The Morgan fingerprint density at radius 3 is 2.50 bits per heavy atom. The van der Waals surface area contributed by atoms with Gasteiger partial charge in [-0.05, 0) is 24.3 Å². The summed E-state index contributed by atoms with van der Waals surface area (Å²) in [6.07, 6.45) is 1.49. The Balaban J connectivity index is 1.88. The fourth-order valence-corrected chi connectivity index (χ4v) is 2.96. The van der Waals surface area contributed by atoms with Crippen molar-refractivity contribution in [2.24, 2.45) is 0 Å². The van der Waals surface area contributed by atoms with Crippen LogP contribution in [0.5, 0.6) is 0 Å². The van der Waals surface area contributed by atoms with Crippen molar-refractivity contribution in [1.82, 2.24) is 0 Å². The molecule has 88 valence electrons. The first kappa shape index (κ1) is 12.4. The molecular weight excluding hydrogens is 288 g/mol. The lowest BCUT2D eigenvalue weighted by Gasteiger charge is -2.31. The van der Waals surface area contributed by atoms with Crippen LogP contribution in [0.2, 0.25) is 0 Å². The quantitative estimate of drug-likeness (QED) is 0.870. The monoisotopic (exact) mass is 302 g/mol. The number of hydrogen-bond acceptors (Lipinski definition) is 3. The molecule has 0 radical (unpaired) electrons. The first-order chi connectivity index (χ1) is 7.68. The maximum atomic E-state index is 10.3. The molecule has 2 nitrogen and oxygen atoms in total. The van der Waals surface area contributed by atoms with Gasteiger partial charge >= 0.3 is 0 Å². The molecule has 4 heteroatoms. The first-order valence-electron chi connectivity index (χ1n) is 5.36. The normalized spacial score (nSPS) is 19.6. The van der Waals surface area contributed by atoms with E-state index in [0.717, 1.165) is 23.1 Å². The zero-order valence-electron chi connectivity index (χ0n) is 8.99. The predicted molar refractivity (Wildman–Crippen MR) is 69.9 cm³/mol. The van der Waals surface area contributed by atoms with Gasteiger partial charge in [-0.15, -0.1) is 11.8 Å². The fourth-order valence-electron chi connectivity index (χ4n) is 1.64. The SMILES string of the molecule is OC1(CSc2ccc(Br)cc2)CCOCC1. The molecule has 1 heterocycles. The van der Waals surface area contributed by atoms with Crippen LogP contribution in [0.25, 0.3) is 0 Å². The largest absolute Gasteiger partial charge is 0.389 e. The molecule has 0 bridgehead atoms. The third-order valence-corrected chi connectivity index (χ3v) is 4.56. The maximum absolute atomic E-state index is 10.3. The van der Waals surface area contributed by atoms with Crippen molar-refractivity contribution in [2.45, 2.75) is 23.3 Å². The van der Waals surface area contributed by atoms with Crippen LogP contribution in [-0.2, 0) is 4.74 Å². The van der Waals surface area contributed by atoms with Crippen LogP contribution >= 0.6 is 27.7 Å². The molecule has 0 aliphatic carbocycles. The van der Waals surface area contributed by atoms with Crippen molar-refractivity contribution in [1.29, 1.82) is 0 Å². The predicted octanol–water partition coefficient (Wildman–Crippen LogP) is 3.08. The molecule has 16 heavy (non-hydrogen) atoms. The van der Waals surface area contributed by atoms with Crippen LogP contribution in [0.1, 0.15) is 12.8 Å². The van der Waals surface area contributed by atoms with E-state index in [1.54, 1.807) is 11.8 Å². The second kappa shape index (κ2) is 5.54. The number of ether oxygens (including phenoxy) is 1. The van der Waals surface area contributed by atoms with Gasteiger partial charge in [-0.1, -0.05) is 15.9 Å². The maximum Gasteiger partial charge on any atom is 0.0785 e. The van der Waals surface area contributed by atoms with Crippen molar-refractivity contribution in [2.75, 3.05) is 19.0 Å². The number of hydrogen-bond donors (Lipinski definition) is 1. The van der Waals surface area contributed by atoms with E-state index in [4.69, 9.17) is 4.74 Å². The van der Waals surface area contributed by atoms with E-state index < -0.39 is 5.60 Å². The van der Waals surface area contributed by atoms with Crippen LogP contribution in [-0.4, -0.2) is 29.7 Å². The van der Waals surface area contributed by atoms with Gasteiger partial charge < -0.3 is 9.84 Å². The molecule has 1 fully saturated rings. The summed E-state index contributed by atoms with van der Waals surface area (Å²) in [5.74, 6) is 0.748. The second-order valence-corrected chi connectivity index (χ2v) is 6.04. The van der Waals surface area contributed by atoms with E-state index in [1.807, 2.05) is 12.1 Å². The Morgan fingerprint density at radius 1 is 1.25 bits per heavy atom. The molecule has 1 N–H and O–H groups in total. The summed E-state index contributed by atoms with van der Waals surface area (Å²) in [6.45, 7) is 1.36. The smallest absolute Gasteiger partial charge is 0.0785 e. The lowest BCUT2D eigenvalue weighted by molar-refractivity contribution is -0.0476. The third kappa shape index (κ3) is 3.48. The topological polar surface area (TPSA) is 29.5 Å². The van der Waals surface area contributed by atoms with Crippen molar-refractivity contribution >= 4 is 27.7 Å². The van der Waals surface area contributed by atoms with Gasteiger partial charge in [0.05, 0.1) is 5.60 Å². The van der Waals surface area contributed by atoms with E-state index in [1.165, 1.54) is 4.90 Å². The Morgan fingerprint density at radius 2 is 1.88 bits per heavy atom.